The molecule has 4 fully saturated rings. The van der Waals surface area contributed by atoms with Gasteiger partial charge in [-0.25, -0.2) is 4.98 Å². The van der Waals surface area contributed by atoms with E-state index in [-0.39, 0.29) is 107 Å². The van der Waals surface area contributed by atoms with Gasteiger partial charge in [-0.05, 0) is 105 Å². The molecule has 42 heteroatoms. The Hall–Kier alpha value is -13.0. The van der Waals surface area contributed by atoms with E-state index in [1.165, 1.54) is 62.7 Å². The molecule has 0 aliphatic carbocycles. The SMILES string of the molecule is CCCC[C@H]1C(=O)N(C)[C@@H](CCCC)C(=O)N[C@@H](C)C(=O)N[C@H](C(=O)NCC(N)=O)CSCC(=O)NC(Cc2ccc(O)cc2)C(=O)N2CCCCC2C(=O)N[C@@H](CC(N)=O)C(=O)N2CCCC2C(=O)N[C@@H](Cc2c[nH]cn2)C(=O)N[C@@H](CC(C)C)C(=O)N2C[C@H](O)C[C@H]2C(=O)N[C@@H](Cc2c[nH]c3ccccc23)C(=O)N[C@@H](CO)C(=O)N[C@@H](Cc2c[nH]c3ccccc23)C(=O)N1C. The van der Waals surface area contributed by atoms with E-state index >= 15 is 43.2 Å². The molecule has 4 aliphatic rings. The summed E-state index contributed by atoms with van der Waals surface area (Å²) in [6, 6.07) is -1.38. The van der Waals surface area contributed by atoms with Crippen LogP contribution in [0.2, 0.25) is 0 Å². The third-order valence-corrected chi connectivity index (χ3v) is 25.3. The van der Waals surface area contributed by atoms with Gasteiger partial charge in [0.2, 0.25) is 100 Å². The van der Waals surface area contributed by atoms with Crippen molar-refractivity contribution in [2.24, 2.45) is 17.4 Å². The second-order valence-electron chi connectivity index (χ2n) is 34.6. The standard InChI is InChI=1S/C90H123N21O20S/c1-8-10-23-69-82(123)98-50(5)77(118)106-68(78(119)96-43-75(92)116)46-132-47-76(117)99-64(34-51-27-29-55(113)30-28-51)87(128)109-31-17-16-25-70(109)84(125)104-66(39-74(91)115)88(129)110-32-18-26-71(110)83(124)101-62(37-54-42-93-48-97-54)80(121)102-63(33-49(3)4)89(130)111-44-56(114)38-73(111)85(126)100-61(35-52-40-94-59-21-14-12-19-57(52)59)79(120)105-67(45-112)81(122)103-65(36-53-41-95-60-22-15-13-20-58(53)60)86(127)108(7)72(24-11-9-2)90(131)107(69)6/h12-15,19-22,27-30,40-42,48-50,56,61-73,94-95,112-114H,8-11,16-18,23-26,31-39,43-47H2,1-7H3,(H2,91,115)(H2,92,116)(H,93,97)(H,96,119)(H,98,123)(H,99,117)(H,100,126)(H,101,124)(H,102,121)(H,103,122)(H,104,125)(H,105,120)(H,106,118)/t50-,56+,61-,62-,63-,64?,65-,66-,67-,68-,69-,70?,71?,72-,73-/m0/s1. The van der Waals surface area contributed by atoms with Crippen LogP contribution in [0.4, 0.5) is 0 Å². The number of aliphatic hydroxyl groups excluding tert-OH is 2. The first kappa shape index (κ1) is 101. The van der Waals surface area contributed by atoms with Gasteiger partial charge in [0, 0.05) is 112 Å². The van der Waals surface area contributed by atoms with Gasteiger partial charge in [-0.15, -0.1) is 11.8 Å². The Kier molecular flexibility index (Phi) is 36.6. The van der Waals surface area contributed by atoms with Gasteiger partial charge in [-0.1, -0.05) is 102 Å². The Labute approximate surface area is 767 Å². The number of benzene rings is 3. The lowest BCUT2D eigenvalue weighted by Crippen LogP contribution is -2.62. The van der Waals surface area contributed by atoms with Crippen LogP contribution < -0.4 is 64.6 Å². The van der Waals surface area contributed by atoms with Gasteiger partial charge in [0.25, 0.3) is 0 Å². The third-order valence-electron chi connectivity index (χ3n) is 24.2. The highest BCUT2D eigenvalue weighted by atomic mass is 32.2. The molecule has 714 valence electrons. The number of unbranched alkanes of at least 4 members (excludes halogenated alkanes) is 2. The minimum atomic E-state index is -1.87. The van der Waals surface area contributed by atoms with E-state index in [0.29, 0.717) is 77.0 Å². The number of carbonyl (C=O) groups is 17. The van der Waals surface area contributed by atoms with Crippen molar-refractivity contribution >= 4 is 134 Å². The van der Waals surface area contributed by atoms with Crippen molar-refractivity contribution in [3.63, 3.8) is 0 Å². The molecule has 3 aromatic heterocycles. The number of H-pyrrole nitrogens is 3. The highest BCUT2D eigenvalue weighted by Gasteiger charge is 2.47. The molecule has 17 amide bonds. The summed E-state index contributed by atoms with van der Waals surface area (Å²) in [5.74, 6) is -16.8. The number of aromatic amines is 3. The summed E-state index contributed by atoms with van der Waals surface area (Å²) in [6.07, 6.45) is 5.11. The number of thioether (sulfide) groups is 1. The van der Waals surface area contributed by atoms with Crippen LogP contribution in [0.5, 0.6) is 5.75 Å². The zero-order valence-electron chi connectivity index (χ0n) is 75.2. The maximum Gasteiger partial charge on any atom is 0.246 e. The van der Waals surface area contributed by atoms with Crippen LogP contribution in [0.25, 0.3) is 21.8 Å². The van der Waals surface area contributed by atoms with Gasteiger partial charge in [0.05, 0.1) is 43.5 Å². The average molecular weight is 1850 g/mol. The minimum absolute atomic E-state index is 0.000340. The second kappa shape index (κ2) is 47.7. The molecule has 0 radical (unpaired) electrons. The normalized spacial score (nSPS) is 25.6. The van der Waals surface area contributed by atoms with Crippen LogP contribution in [-0.4, -0.2) is 309 Å². The smallest absolute Gasteiger partial charge is 0.246 e. The van der Waals surface area contributed by atoms with Crippen molar-refractivity contribution in [3.05, 3.63) is 120 Å². The van der Waals surface area contributed by atoms with Crippen molar-refractivity contribution in [1.29, 1.82) is 0 Å². The monoisotopic (exact) mass is 1850 g/mol. The summed E-state index contributed by atoms with van der Waals surface area (Å²) in [7, 11) is 2.72. The first-order valence-electron chi connectivity index (χ1n) is 44.8. The van der Waals surface area contributed by atoms with Gasteiger partial charge in [0.15, 0.2) is 0 Å². The highest BCUT2D eigenvalue weighted by molar-refractivity contribution is 8.00. The molecule has 15 atom stereocenters. The number of aliphatic hydroxyl groups is 2. The summed E-state index contributed by atoms with van der Waals surface area (Å²) >= 11 is 0.804. The van der Waals surface area contributed by atoms with Crippen molar-refractivity contribution in [2.75, 3.05) is 58.4 Å². The second-order valence-corrected chi connectivity index (χ2v) is 35.6. The fourth-order valence-corrected chi connectivity index (χ4v) is 18.0. The van der Waals surface area contributed by atoms with E-state index in [4.69, 9.17) is 11.5 Å². The van der Waals surface area contributed by atoms with Gasteiger partial charge >= 0.3 is 0 Å². The zero-order valence-corrected chi connectivity index (χ0v) is 76.0. The highest BCUT2D eigenvalue weighted by Crippen LogP contribution is 2.29. The molecule has 10 rings (SSSR count). The van der Waals surface area contributed by atoms with E-state index in [1.807, 2.05) is 13.8 Å². The molecule has 0 spiro atoms. The largest absolute Gasteiger partial charge is 0.508 e. The summed E-state index contributed by atoms with van der Waals surface area (Å²) in [5.41, 5.74) is 14.2. The Bertz CT molecular complexity index is 5120. The van der Waals surface area contributed by atoms with E-state index in [9.17, 15) is 53.7 Å². The summed E-state index contributed by atoms with van der Waals surface area (Å²) in [6.45, 7) is 6.13. The summed E-state index contributed by atoms with van der Waals surface area (Å²) < 4.78 is 0. The summed E-state index contributed by atoms with van der Waals surface area (Å²) in [5, 5.41) is 60.8. The number of para-hydroxylation sites is 2. The minimum Gasteiger partial charge on any atom is -0.508 e. The number of fused-ring (bicyclic) bond motifs is 5. The maximum atomic E-state index is 15.6. The number of aromatic hydroxyl groups is 1. The number of carbonyl (C=O) groups excluding carboxylic acids is 17. The number of nitrogens with one attached hydrogen (secondary N) is 13. The number of phenols is 1. The number of primary amides is 2. The number of imidazole rings is 1. The van der Waals surface area contributed by atoms with E-state index in [1.54, 1.807) is 74.8 Å². The molecule has 7 heterocycles. The van der Waals surface area contributed by atoms with Crippen molar-refractivity contribution in [3.8, 4) is 5.75 Å². The number of rotatable bonds is 22. The number of phenolic OH excluding ortho intramolecular Hbond substituents is 1. The van der Waals surface area contributed by atoms with Crippen molar-refractivity contribution < 1.29 is 96.8 Å². The van der Waals surface area contributed by atoms with Crippen molar-refractivity contribution in [2.45, 2.75) is 241 Å². The Morgan fingerprint density at radius 1 is 0.538 bits per heavy atom. The molecule has 6 aromatic rings. The number of hydrogen-bond donors (Lipinski definition) is 18. The quantitative estimate of drug-likeness (QED) is 0.0362. The van der Waals surface area contributed by atoms with Gasteiger partial charge in [-0.3, -0.25) is 81.5 Å². The lowest BCUT2D eigenvalue weighted by molar-refractivity contribution is -0.149. The van der Waals surface area contributed by atoms with Crippen LogP contribution in [0.1, 0.15) is 147 Å². The molecule has 4 aliphatic heterocycles. The predicted molar refractivity (Wildman–Crippen MR) is 483 cm³/mol. The molecule has 0 saturated carbocycles. The molecule has 3 unspecified atom stereocenters. The Morgan fingerprint density at radius 3 is 1.65 bits per heavy atom. The van der Waals surface area contributed by atoms with Crippen molar-refractivity contribution in [1.82, 2.24) is 97.6 Å². The number of nitrogens with zero attached hydrogens (tertiary/aromatic N) is 6. The molecule has 0 bridgehead atoms. The number of aromatic nitrogens is 4. The molecular weight excluding hydrogens is 1730 g/mol. The Morgan fingerprint density at radius 2 is 1.06 bits per heavy atom. The third kappa shape index (κ3) is 26.9. The zero-order chi connectivity index (χ0) is 95.7. The number of nitrogens with two attached hydrogens (primary N) is 2. The van der Waals surface area contributed by atoms with Crippen LogP contribution in [0.15, 0.2) is 97.7 Å². The van der Waals surface area contributed by atoms with Gasteiger partial charge in [0.1, 0.15) is 90.3 Å². The van der Waals surface area contributed by atoms with Crippen LogP contribution in [0, 0.1) is 5.92 Å². The summed E-state index contributed by atoms with van der Waals surface area (Å²) in [4.78, 5) is 269. The maximum absolute atomic E-state index is 15.6. The molecule has 132 heavy (non-hydrogen) atoms. The van der Waals surface area contributed by atoms with Gasteiger partial charge < -0.3 is 119 Å². The molecule has 3 aromatic carbocycles. The fraction of sp³-hybridized carbons (Fsp3) is 0.533. The fourth-order valence-electron chi connectivity index (χ4n) is 17.1. The predicted octanol–water partition coefficient (Wildman–Crippen LogP) is -1.64. The first-order chi connectivity index (χ1) is 63.1. The average Bonchev–Trinajstić information content (AvgIpc) is 1.50. The molecule has 41 nitrogen and oxygen atoms in total. The first-order valence-corrected chi connectivity index (χ1v) is 46.0. The van der Waals surface area contributed by atoms with E-state index in [2.05, 4.69) is 73.1 Å². The van der Waals surface area contributed by atoms with E-state index < -0.39 is 223 Å². The number of hydrogen-bond acceptors (Lipinski definition) is 22. The van der Waals surface area contributed by atoms with Crippen LogP contribution in [-0.2, 0) is 107 Å². The van der Waals surface area contributed by atoms with Crippen LogP contribution in [0.3, 0.4) is 0 Å². The molecule has 20 N–H and O–H groups in total. The Balaban J connectivity index is 1.00. The number of amides is 17. The molecule has 4 saturated heterocycles. The number of likely N-dealkylation sites (N-methyl/N-ethyl adjacent to an activating group) is 2. The van der Waals surface area contributed by atoms with Crippen LogP contribution >= 0.6 is 11.8 Å². The lowest BCUT2D eigenvalue weighted by Gasteiger charge is -2.38. The number of piperidine rings is 1. The topological polar surface area (TPSA) is 600 Å². The van der Waals surface area contributed by atoms with Gasteiger partial charge in [-0.2, -0.15) is 0 Å². The lowest BCUT2D eigenvalue weighted by atomic mass is 9.97. The van der Waals surface area contributed by atoms with E-state index in [0.717, 1.165) is 31.4 Å². The molecular formula is C90H123N21O20S.